The van der Waals surface area contributed by atoms with Gasteiger partial charge in [-0.05, 0) is 32.0 Å². The summed E-state index contributed by atoms with van der Waals surface area (Å²) < 4.78 is 4.63. The number of esters is 1. The summed E-state index contributed by atoms with van der Waals surface area (Å²) in [6, 6.07) is 5.12. The van der Waals surface area contributed by atoms with E-state index < -0.39 is 5.97 Å². The highest BCUT2D eigenvalue weighted by molar-refractivity contribution is 5.98. The number of hydrogen-bond donors (Lipinski definition) is 1. The van der Waals surface area contributed by atoms with Gasteiger partial charge in [-0.25, -0.2) is 4.98 Å². The molecule has 6 heteroatoms. The van der Waals surface area contributed by atoms with Gasteiger partial charge in [-0.15, -0.1) is 0 Å². The zero-order chi connectivity index (χ0) is 14.7. The van der Waals surface area contributed by atoms with Crippen LogP contribution >= 0.6 is 0 Å². The molecule has 0 unspecified atom stereocenters. The Morgan fingerprint density at radius 3 is 2.80 bits per heavy atom. The molecule has 0 atom stereocenters. The molecule has 0 radical (unpaired) electrons. The fourth-order valence-electron chi connectivity index (χ4n) is 1.93. The van der Waals surface area contributed by atoms with Crippen LogP contribution in [0.2, 0.25) is 0 Å². The van der Waals surface area contributed by atoms with E-state index in [0.717, 1.165) is 11.0 Å². The van der Waals surface area contributed by atoms with E-state index in [1.54, 1.807) is 24.5 Å². The van der Waals surface area contributed by atoms with Crippen molar-refractivity contribution < 1.29 is 14.3 Å². The number of nitrogens with zero attached hydrogens (tertiary/aromatic N) is 2. The van der Waals surface area contributed by atoms with Crippen molar-refractivity contribution in [2.45, 2.75) is 19.9 Å². The van der Waals surface area contributed by atoms with Crippen LogP contribution < -0.4 is 0 Å². The van der Waals surface area contributed by atoms with Crippen LogP contribution in [0.15, 0.2) is 24.5 Å². The van der Waals surface area contributed by atoms with Gasteiger partial charge in [0.2, 0.25) is 0 Å². The van der Waals surface area contributed by atoms with Gasteiger partial charge in [-0.1, -0.05) is 0 Å². The van der Waals surface area contributed by atoms with Gasteiger partial charge in [0.05, 0.1) is 24.5 Å². The van der Waals surface area contributed by atoms with Crippen molar-refractivity contribution in [2.24, 2.45) is 0 Å². The van der Waals surface area contributed by atoms with Crippen LogP contribution in [0.1, 0.15) is 24.2 Å². The lowest BCUT2D eigenvalue weighted by Crippen LogP contribution is -2.41. The molecule has 1 N–H and O–H groups in total. The number of fused-ring (bicyclic) bond motifs is 1. The number of hydrogen-bond acceptors (Lipinski definition) is 4. The monoisotopic (exact) mass is 275 g/mol. The second kappa shape index (κ2) is 5.73. The molecule has 20 heavy (non-hydrogen) atoms. The maximum Gasteiger partial charge on any atom is 0.325 e. The van der Waals surface area contributed by atoms with Gasteiger partial charge < -0.3 is 14.6 Å². The first-order chi connectivity index (χ1) is 9.52. The fourth-order valence-corrected chi connectivity index (χ4v) is 1.93. The fraction of sp³-hybridized carbons (Fsp3) is 0.357. The summed E-state index contributed by atoms with van der Waals surface area (Å²) in [7, 11) is 1.31. The smallest absolute Gasteiger partial charge is 0.325 e. The summed E-state index contributed by atoms with van der Waals surface area (Å²) in [6.07, 6.45) is 1.58. The number of aromatic nitrogens is 2. The third-order valence-corrected chi connectivity index (χ3v) is 3.08. The summed E-state index contributed by atoms with van der Waals surface area (Å²) in [6.45, 7) is 3.65. The van der Waals surface area contributed by atoms with E-state index in [1.807, 2.05) is 13.8 Å². The molecule has 6 nitrogen and oxygen atoms in total. The Morgan fingerprint density at radius 1 is 1.40 bits per heavy atom. The first kappa shape index (κ1) is 14.0. The van der Waals surface area contributed by atoms with Gasteiger partial charge in [0.15, 0.2) is 0 Å². The number of H-pyrrole nitrogens is 1. The molecule has 1 heterocycles. The van der Waals surface area contributed by atoms with Gasteiger partial charge >= 0.3 is 5.97 Å². The summed E-state index contributed by atoms with van der Waals surface area (Å²) in [5, 5.41) is 0. The van der Waals surface area contributed by atoms with Crippen molar-refractivity contribution in [3.05, 3.63) is 30.1 Å². The van der Waals surface area contributed by atoms with Gasteiger partial charge in [0, 0.05) is 11.6 Å². The molecule has 0 saturated heterocycles. The third kappa shape index (κ3) is 2.79. The summed E-state index contributed by atoms with van der Waals surface area (Å²) in [4.78, 5) is 32.4. The maximum atomic E-state index is 12.5. The summed E-state index contributed by atoms with van der Waals surface area (Å²) in [5.74, 6) is -0.642. The number of amides is 1. The first-order valence-electron chi connectivity index (χ1n) is 6.34. The van der Waals surface area contributed by atoms with Crippen molar-refractivity contribution in [3.8, 4) is 0 Å². The molecule has 106 valence electrons. The molecule has 0 spiro atoms. The summed E-state index contributed by atoms with van der Waals surface area (Å²) in [5.41, 5.74) is 2.10. The number of methoxy groups -OCH3 is 1. The van der Waals surface area contributed by atoms with Gasteiger partial charge in [-0.3, -0.25) is 9.59 Å². The van der Waals surface area contributed by atoms with Gasteiger partial charge in [-0.2, -0.15) is 0 Å². The molecule has 1 aromatic heterocycles. The average Bonchev–Trinajstić information content (AvgIpc) is 2.90. The molecule has 2 aromatic rings. The quantitative estimate of drug-likeness (QED) is 0.860. The Hall–Kier alpha value is -2.37. The van der Waals surface area contributed by atoms with Crippen LogP contribution in [0.4, 0.5) is 0 Å². The molecule has 0 aliphatic heterocycles. The second-order valence-electron chi connectivity index (χ2n) is 4.74. The molecule has 2 rings (SSSR count). The van der Waals surface area contributed by atoms with E-state index in [1.165, 1.54) is 12.0 Å². The number of ether oxygens (including phenoxy) is 1. The summed E-state index contributed by atoms with van der Waals surface area (Å²) >= 11 is 0. The predicted molar refractivity (Wildman–Crippen MR) is 74.3 cm³/mol. The zero-order valence-electron chi connectivity index (χ0n) is 11.7. The van der Waals surface area contributed by atoms with Crippen LogP contribution in [0.3, 0.4) is 0 Å². The Morgan fingerprint density at radius 2 is 2.15 bits per heavy atom. The van der Waals surface area contributed by atoms with Crippen molar-refractivity contribution >= 4 is 22.9 Å². The Balaban J connectivity index is 2.28. The number of imidazole rings is 1. The van der Waals surface area contributed by atoms with E-state index in [0.29, 0.717) is 5.56 Å². The molecular weight excluding hydrogens is 258 g/mol. The minimum atomic E-state index is -0.435. The lowest BCUT2D eigenvalue weighted by atomic mass is 10.1. The van der Waals surface area contributed by atoms with Crippen molar-refractivity contribution in [3.63, 3.8) is 0 Å². The average molecular weight is 275 g/mol. The van der Waals surface area contributed by atoms with Crippen molar-refractivity contribution in [1.29, 1.82) is 0 Å². The molecule has 0 saturated carbocycles. The van der Waals surface area contributed by atoms with Gasteiger partial charge in [0.25, 0.3) is 5.91 Å². The van der Waals surface area contributed by atoms with Crippen LogP contribution in [-0.2, 0) is 9.53 Å². The number of carbonyl (C=O) groups is 2. The molecular formula is C14H17N3O3. The normalized spacial score (nSPS) is 10.8. The van der Waals surface area contributed by atoms with E-state index in [9.17, 15) is 9.59 Å². The van der Waals surface area contributed by atoms with Gasteiger partial charge in [0.1, 0.15) is 6.54 Å². The topological polar surface area (TPSA) is 75.3 Å². The van der Waals surface area contributed by atoms with E-state index in [2.05, 4.69) is 14.7 Å². The Bertz CT molecular complexity index is 633. The molecule has 1 amide bonds. The highest BCUT2D eigenvalue weighted by Gasteiger charge is 2.22. The van der Waals surface area contributed by atoms with E-state index >= 15 is 0 Å². The van der Waals surface area contributed by atoms with Crippen LogP contribution in [0, 0.1) is 0 Å². The van der Waals surface area contributed by atoms with Crippen LogP contribution in [-0.4, -0.2) is 46.4 Å². The lowest BCUT2D eigenvalue weighted by molar-refractivity contribution is -0.141. The number of benzene rings is 1. The number of rotatable bonds is 4. The van der Waals surface area contributed by atoms with E-state index in [4.69, 9.17) is 0 Å². The van der Waals surface area contributed by atoms with Crippen molar-refractivity contribution in [1.82, 2.24) is 14.9 Å². The highest BCUT2D eigenvalue weighted by atomic mass is 16.5. The zero-order valence-corrected chi connectivity index (χ0v) is 11.7. The second-order valence-corrected chi connectivity index (χ2v) is 4.74. The van der Waals surface area contributed by atoms with Crippen LogP contribution in [0.25, 0.3) is 11.0 Å². The number of nitrogens with one attached hydrogen (secondary N) is 1. The minimum absolute atomic E-state index is 0.0615. The molecule has 0 aliphatic carbocycles. The lowest BCUT2D eigenvalue weighted by Gasteiger charge is -2.25. The minimum Gasteiger partial charge on any atom is -0.468 e. The van der Waals surface area contributed by atoms with E-state index in [-0.39, 0.29) is 18.5 Å². The Labute approximate surface area is 116 Å². The molecule has 1 aromatic carbocycles. The number of aromatic amines is 1. The highest BCUT2D eigenvalue weighted by Crippen LogP contribution is 2.15. The third-order valence-electron chi connectivity index (χ3n) is 3.08. The van der Waals surface area contributed by atoms with Crippen LogP contribution in [0.5, 0.6) is 0 Å². The van der Waals surface area contributed by atoms with Crippen molar-refractivity contribution in [2.75, 3.05) is 13.7 Å². The SMILES string of the molecule is COC(=O)CN(C(=O)c1ccc2nc[nH]c2c1)C(C)C. The number of carbonyl (C=O) groups excluding carboxylic acids is 2. The molecule has 0 aliphatic rings. The Kier molecular flexibility index (Phi) is 4.02. The first-order valence-corrected chi connectivity index (χ1v) is 6.34. The largest absolute Gasteiger partial charge is 0.468 e. The maximum absolute atomic E-state index is 12.5. The standard InChI is InChI=1S/C14H17N3O3/c1-9(2)17(7-13(18)20-3)14(19)10-4-5-11-12(6-10)16-8-15-11/h4-6,8-9H,7H2,1-3H3,(H,15,16). The molecule has 0 bridgehead atoms. The molecule has 0 fully saturated rings. The predicted octanol–water partition coefficient (Wildman–Crippen LogP) is 1.59.